The highest BCUT2D eigenvalue weighted by Gasteiger charge is 2.08. The summed E-state index contributed by atoms with van der Waals surface area (Å²) in [6, 6.07) is 6.74. The summed E-state index contributed by atoms with van der Waals surface area (Å²) in [5.41, 5.74) is 0.613. The maximum atomic E-state index is 12.2. The van der Waals surface area contributed by atoms with Crippen molar-refractivity contribution in [2.45, 2.75) is 32.3 Å². The Morgan fingerprint density at radius 1 is 1.22 bits per heavy atom. The van der Waals surface area contributed by atoms with Gasteiger partial charge in [0.25, 0.3) is 0 Å². The van der Waals surface area contributed by atoms with Crippen LogP contribution in [0.15, 0.2) is 36.9 Å². The number of anilines is 1. The van der Waals surface area contributed by atoms with Crippen LogP contribution in [-0.2, 0) is 0 Å². The van der Waals surface area contributed by atoms with E-state index >= 15 is 0 Å². The third kappa shape index (κ3) is 5.66. The van der Waals surface area contributed by atoms with Crippen molar-refractivity contribution < 1.29 is 13.5 Å². The molecular weight excluding hydrogens is 236 g/mol. The predicted octanol–water partition coefficient (Wildman–Crippen LogP) is 4.45. The highest BCUT2D eigenvalue weighted by Crippen LogP contribution is 2.25. The Morgan fingerprint density at radius 3 is 2.72 bits per heavy atom. The molecule has 18 heavy (non-hydrogen) atoms. The summed E-state index contributed by atoms with van der Waals surface area (Å²) >= 11 is 0. The first-order chi connectivity index (χ1) is 8.74. The van der Waals surface area contributed by atoms with Crippen LogP contribution in [0.2, 0.25) is 0 Å². The molecule has 0 atom stereocenters. The number of hydrogen-bond donors (Lipinski definition) is 1. The van der Waals surface area contributed by atoms with Crippen LogP contribution >= 0.6 is 0 Å². The summed E-state index contributed by atoms with van der Waals surface area (Å²) in [4.78, 5) is 0. The summed E-state index contributed by atoms with van der Waals surface area (Å²) in [6.45, 7) is 1.62. The first-order valence-electron chi connectivity index (χ1n) is 6.12. The van der Waals surface area contributed by atoms with Crippen molar-refractivity contribution in [1.82, 2.24) is 0 Å². The zero-order chi connectivity index (χ0) is 13.2. The summed E-state index contributed by atoms with van der Waals surface area (Å²) in [7, 11) is 0. The number of rotatable bonds is 9. The van der Waals surface area contributed by atoms with E-state index in [1.165, 1.54) is 6.07 Å². The molecule has 0 bridgehead atoms. The van der Waals surface area contributed by atoms with E-state index in [9.17, 15) is 8.78 Å². The van der Waals surface area contributed by atoms with Crippen molar-refractivity contribution in [2.75, 3.05) is 11.9 Å². The second-order valence-electron chi connectivity index (χ2n) is 3.94. The molecule has 1 aromatic carbocycles. The Kier molecular flexibility index (Phi) is 6.84. The van der Waals surface area contributed by atoms with Gasteiger partial charge in [-0.1, -0.05) is 24.6 Å². The molecule has 0 aliphatic carbocycles. The van der Waals surface area contributed by atoms with Gasteiger partial charge < -0.3 is 10.1 Å². The molecule has 4 heteroatoms. The van der Waals surface area contributed by atoms with Crippen LogP contribution < -0.4 is 10.1 Å². The summed E-state index contributed by atoms with van der Waals surface area (Å²) < 4.78 is 28.8. The van der Waals surface area contributed by atoms with Crippen molar-refractivity contribution in [1.29, 1.82) is 0 Å². The molecule has 0 amide bonds. The van der Waals surface area contributed by atoms with Crippen LogP contribution in [0.25, 0.3) is 0 Å². The quantitative estimate of drug-likeness (QED) is 0.520. The number of nitrogens with one attached hydrogen (secondary N) is 1. The van der Waals surface area contributed by atoms with Crippen LogP contribution in [0.1, 0.15) is 25.7 Å². The lowest BCUT2D eigenvalue weighted by atomic mass is 10.2. The Balaban J connectivity index is 2.34. The van der Waals surface area contributed by atoms with Gasteiger partial charge >= 0.3 is 6.61 Å². The number of unbranched alkanes of at least 4 members (excludes halogenated alkanes) is 3. The molecule has 1 rings (SSSR count). The molecule has 0 unspecified atom stereocenters. The SMILES string of the molecule is C=CCCCCCNc1ccccc1OC(F)F. The Hall–Kier alpha value is -1.58. The number of alkyl halides is 2. The Bertz CT molecular complexity index is 355. The van der Waals surface area contributed by atoms with Crippen LogP contribution in [0, 0.1) is 0 Å². The molecule has 0 fully saturated rings. The zero-order valence-corrected chi connectivity index (χ0v) is 10.4. The monoisotopic (exact) mass is 255 g/mol. The first kappa shape index (κ1) is 14.5. The molecule has 100 valence electrons. The van der Waals surface area contributed by atoms with Gasteiger partial charge in [0, 0.05) is 6.54 Å². The summed E-state index contributed by atoms with van der Waals surface area (Å²) in [5.74, 6) is 0.193. The lowest BCUT2D eigenvalue weighted by molar-refractivity contribution is -0.0493. The van der Waals surface area contributed by atoms with Crippen molar-refractivity contribution in [2.24, 2.45) is 0 Å². The standard InChI is InChI=1S/C14H19F2NO/c1-2-3-4-5-8-11-17-12-9-6-7-10-13(12)18-14(15)16/h2,6-7,9-10,14,17H,1,3-5,8,11H2. The molecule has 1 aromatic rings. The Morgan fingerprint density at radius 2 is 2.00 bits per heavy atom. The minimum atomic E-state index is -2.79. The van der Waals surface area contributed by atoms with Gasteiger partial charge in [-0.3, -0.25) is 0 Å². The van der Waals surface area contributed by atoms with Crippen LogP contribution in [0.4, 0.5) is 14.5 Å². The van der Waals surface area contributed by atoms with Gasteiger partial charge in [-0.15, -0.1) is 6.58 Å². The lowest BCUT2D eigenvalue weighted by Gasteiger charge is -2.12. The van der Waals surface area contributed by atoms with Crippen LogP contribution in [0.3, 0.4) is 0 Å². The number of allylic oxidation sites excluding steroid dienone is 1. The molecule has 1 N–H and O–H groups in total. The molecule has 0 radical (unpaired) electrons. The fourth-order valence-corrected chi connectivity index (χ4v) is 1.62. The third-order valence-corrected chi connectivity index (χ3v) is 2.50. The van der Waals surface area contributed by atoms with Gasteiger partial charge in [0.2, 0.25) is 0 Å². The molecule has 0 heterocycles. The topological polar surface area (TPSA) is 21.3 Å². The number of benzene rings is 1. The number of hydrogen-bond acceptors (Lipinski definition) is 2. The number of halogens is 2. The molecule has 0 aromatic heterocycles. The predicted molar refractivity (Wildman–Crippen MR) is 70.2 cm³/mol. The highest BCUT2D eigenvalue weighted by atomic mass is 19.3. The summed E-state index contributed by atoms with van der Waals surface area (Å²) in [6.07, 6.45) is 6.12. The van der Waals surface area contributed by atoms with Crippen molar-refractivity contribution in [3.8, 4) is 5.75 Å². The van der Waals surface area contributed by atoms with Gasteiger partial charge in [0.15, 0.2) is 0 Å². The van der Waals surface area contributed by atoms with E-state index in [1.54, 1.807) is 18.2 Å². The molecule has 0 saturated carbocycles. The van der Waals surface area contributed by atoms with Gasteiger partial charge in [-0.05, 0) is 31.4 Å². The smallest absolute Gasteiger partial charge is 0.387 e. The second-order valence-corrected chi connectivity index (χ2v) is 3.94. The summed E-state index contributed by atoms with van der Waals surface area (Å²) in [5, 5.41) is 3.11. The molecule has 0 aliphatic heterocycles. The highest BCUT2D eigenvalue weighted by molar-refractivity contribution is 5.56. The fraction of sp³-hybridized carbons (Fsp3) is 0.429. The van der Waals surface area contributed by atoms with Crippen LogP contribution in [0.5, 0.6) is 5.75 Å². The normalized spacial score (nSPS) is 10.4. The minimum absolute atomic E-state index is 0.193. The molecule has 0 aliphatic rings. The zero-order valence-electron chi connectivity index (χ0n) is 10.4. The lowest BCUT2D eigenvalue weighted by Crippen LogP contribution is -2.07. The first-order valence-corrected chi connectivity index (χ1v) is 6.12. The average molecular weight is 255 g/mol. The van der Waals surface area contributed by atoms with E-state index in [-0.39, 0.29) is 5.75 Å². The maximum Gasteiger partial charge on any atom is 0.387 e. The molecule has 0 spiro atoms. The molecule has 0 saturated heterocycles. The van der Waals surface area contributed by atoms with Crippen molar-refractivity contribution in [3.05, 3.63) is 36.9 Å². The average Bonchev–Trinajstić information content (AvgIpc) is 2.35. The maximum absolute atomic E-state index is 12.2. The van der Waals surface area contributed by atoms with E-state index in [1.807, 2.05) is 6.08 Å². The van der Waals surface area contributed by atoms with E-state index in [4.69, 9.17) is 0 Å². The third-order valence-electron chi connectivity index (χ3n) is 2.50. The van der Waals surface area contributed by atoms with Crippen molar-refractivity contribution in [3.63, 3.8) is 0 Å². The van der Waals surface area contributed by atoms with Crippen LogP contribution in [-0.4, -0.2) is 13.2 Å². The van der Waals surface area contributed by atoms with Gasteiger partial charge in [-0.2, -0.15) is 8.78 Å². The number of para-hydroxylation sites is 2. The van der Waals surface area contributed by atoms with E-state index < -0.39 is 6.61 Å². The molecule has 2 nitrogen and oxygen atoms in total. The van der Waals surface area contributed by atoms with Gasteiger partial charge in [-0.25, -0.2) is 0 Å². The Labute approximate surface area is 107 Å². The minimum Gasteiger partial charge on any atom is -0.433 e. The van der Waals surface area contributed by atoms with E-state index in [2.05, 4.69) is 16.6 Å². The van der Waals surface area contributed by atoms with E-state index in [0.29, 0.717) is 5.69 Å². The van der Waals surface area contributed by atoms with Gasteiger partial charge in [0.1, 0.15) is 5.75 Å². The molecular formula is C14H19F2NO. The van der Waals surface area contributed by atoms with E-state index in [0.717, 1.165) is 32.2 Å². The fourth-order valence-electron chi connectivity index (χ4n) is 1.62. The second kappa shape index (κ2) is 8.50. The van der Waals surface area contributed by atoms with Gasteiger partial charge in [0.05, 0.1) is 5.69 Å². The number of ether oxygens (including phenoxy) is 1. The largest absolute Gasteiger partial charge is 0.433 e. The van der Waals surface area contributed by atoms with Crippen molar-refractivity contribution >= 4 is 5.69 Å².